The summed E-state index contributed by atoms with van der Waals surface area (Å²) in [6.07, 6.45) is 1.03. The van der Waals surface area contributed by atoms with E-state index in [1.165, 1.54) is 18.2 Å². The Morgan fingerprint density at radius 1 is 1.38 bits per heavy atom. The summed E-state index contributed by atoms with van der Waals surface area (Å²) in [5.41, 5.74) is 0.520. The van der Waals surface area contributed by atoms with E-state index in [9.17, 15) is 14.9 Å². The maximum atomic E-state index is 11.9. The van der Waals surface area contributed by atoms with E-state index in [4.69, 9.17) is 11.6 Å². The van der Waals surface area contributed by atoms with Gasteiger partial charge in [0.25, 0.3) is 5.69 Å². The molecule has 1 aromatic carbocycles. The van der Waals surface area contributed by atoms with Crippen molar-refractivity contribution in [2.75, 3.05) is 39.3 Å². The molecule has 0 aromatic heterocycles. The number of piperazine rings is 1. The number of halogens is 2. The van der Waals surface area contributed by atoms with E-state index < -0.39 is 4.92 Å². The van der Waals surface area contributed by atoms with Gasteiger partial charge in [-0.05, 0) is 18.5 Å². The Morgan fingerprint density at radius 3 is 2.71 bits per heavy atom. The van der Waals surface area contributed by atoms with E-state index in [0.717, 1.165) is 39.1 Å². The van der Waals surface area contributed by atoms with Crippen LogP contribution in [-0.4, -0.2) is 55.0 Å². The molecule has 1 amide bonds. The molecule has 1 heterocycles. The Kier molecular flexibility index (Phi) is 8.99. The van der Waals surface area contributed by atoms with Crippen molar-refractivity contribution in [2.45, 2.75) is 12.8 Å². The van der Waals surface area contributed by atoms with Crippen LogP contribution >= 0.6 is 24.0 Å². The van der Waals surface area contributed by atoms with Crippen molar-refractivity contribution in [3.8, 4) is 0 Å². The molecule has 1 aromatic rings. The third kappa shape index (κ3) is 6.60. The average molecular weight is 377 g/mol. The molecular weight excluding hydrogens is 355 g/mol. The molecule has 0 spiro atoms. The summed E-state index contributed by atoms with van der Waals surface area (Å²) in [7, 11) is 0. The number of non-ortho nitro benzene ring substituents is 1. The maximum Gasteiger partial charge on any atom is 0.270 e. The van der Waals surface area contributed by atoms with Crippen molar-refractivity contribution < 1.29 is 9.72 Å². The number of nitrogens with one attached hydrogen (secondary N) is 2. The van der Waals surface area contributed by atoms with Gasteiger partial charge in [0.15, 0.2) is 0 Å². The standard InChI is InChI=1S/C15H21ClN4O3.ClH/c16-14-11-13(20(22)23)3-2-12(14)10-15(21)18-4-1-7-19-8-5-17-6-9-19;/h2-3,11,17H,1,4-10H2,(H,18,21);1H. The Labute approximate surface area is 152 Å². The predicted molar refractivity (Wildman–Crippen MR) is 96.0 cm³/mol. The monoisotopic (exact) mass is 376 g/mol. The van der Waals surface area contributed by atoms with E-state index in [1.54, 1.807) is 0 Å². The van der Waals surface area contributed by atoms with Crippen LogP contribution in [-0.2, 0) is 11.2 Å². The van der Waals surface area contributed by atoms with Gasteiger partial charge in [-0.2, -0.15) is 0 Å². The fourth-order valence-corrected chi connectivity index (χ4v) is 2.74. The third-order valence-corrected chi connectivity index (χ3v) is 4.13. The van der Waals surface area contributed by atoms with Crippen LogP contribution in [0.25, 0.3) is 0 Å². The number of rotatable bonds is 7. The lowest BCUT2D eigenvalue weighted by Gasteiger charge is -2.27. The number of hydrogen-bond donors (Lipinski definition) is 2. The zero-order valence-corrected chi connectivity index (χ0v) is 14.9. The number of carbonyl (C=O) groups excluding carboxylic acids is 1. The van der Waals surface area contributed by atoms with Crippen molar-refractivity contribution >= 4 is 35.6 Å². The highest BCUT2D eigenvalue weighted by molar-refractivity contribution is 6.31. The lowest BCUT2D eigenvalue weighted by Crippen LogP contribution is -2.44. The minimum Gasteiger partial charge on any atom is -0.356 e. The molecule has 24 heavy (non-hydrogen) atoms. The number of nitro benzene ring substituents is 1. The second-order valence-electron chi connectivity index (χ2n) is 5.50. The summed E-state index contributed by atoms with van der Waals surface area (Å²) in [5.74, 6) is -0.124. The summed E-state index contributed by atoms with van der Waals surface area (Å²) in [6.45, 7) is 5.72. The second kappa shape index (κ2) is 10.5. The smallest absolute Gasteiger partial charge is 0.270 e. The lowest BCUT2D eigenvalue weighted by atomic mass is 10.1. The fourth-order valence-electron chi connectivity index (χ4n) is 2.49. The van der Waals surface area contributed by atoms with Crippen LogP contribution in [0.15, 0.2) is 18.2 Å². The van der Waals surface area contributed by atoms with Gasteiger partial charge in [0.1, 0.15) is 0 Å². The van der Waals surface area contributed by atoms with Crippen molar-refractivity contribution in [2.24, 2.45) is 0 Å². The quantitative estimate of drug-likeness (QED) is 0.428. The highest BCUT2D eigenvalue weighted by Gasteiger charge is 2.12. The summed E-state index contributed by atoms with van der Waals surface area (Å²) in [6, 6.07) is 4.16. The molecular formula is C15H22Cl2N4O3. The predicted octanol–water partition coefficient (Wildman–Crippen LogP) is 1.62. The van der Waals surface area contributed by atoms with Gasteiger partial charge in [-0.3, -0.25) is 14.9 Å². The number of carbonyl (C=O) groups is 1. The summed E-state index contributed by atoms with van der Waals surface area (Å²) >= 11 is 5.98. The Bertz CT molecular complexity index is 566. The number of nitro groups is 1. The molecule has 0 unspecified atom stereocenters. The first-order valence-electron chi connectivity index (χ1n) is 7.69. The SMILES string of the molecule is Cl.O=C(Cc1ccc([N+](=O)[O-])cc1Cl)NCCCN1CCNCC1. The topological polar surface area (TPSA) is 87.5 Å². The van der Waals surface area contributed by atoms with E-state index >= 15 is 0 Å². The number of amides is 1. The van der Waals surface area contributed by atoms with Crippen LogP contribution in [0.2, 0.25) is 5.02 Å². The molecule has 0 atom stereocenters. The minimum atomic E-state index is -0.508. The fraction of sp³-hybridized carbons (Fsp3) is 0.533. The van der Waals surface area contributed by atoms with E-state index in [-0.39, 0.29) is 35.4 Å². The Hall–Kier alpha value is -1.41. The molecule has 0 radical (unpaired) electrons. The molecule has 7 nitrogen and oxygen atoms in total. The molecule has 1 fully saturated rings. The zero-order valence-electron chi connectivity index (χ0n) is 13.3. The van der Waals surface area contributed by atoms with Gasteiger partial charge < -0.3 is 15.5 Å². The summed E-state index contributed by atoms with van der Waals surface area (Å²) < 4.78 is 0. The first-order valence-corrected chi connectivity index (χ1v) is 8.06. The Morgan fingerprint density at radius 2 is 2.08 bits per heavy atom. The molecule has 9 heteroatoms. The maximum absolute atomic E-state index is 11.9. The van der Waals surface area contributed by atoms with Gasteiger partial charge in [-0.1, -0.05) is 17.7 Å². The largest absolute Gasteiger partial charge is 0.356 e. The highest BCUT2D eigenvalue weighted by Crippen LogP contribution is 2.22. The average Bonchev–Trinajstić information content (AvgIpc) is 2.54. The van der Waals surface area contributed by atoms with Crippen molar-refractivity contribution in [3.05, 3.63) is 38.9 Å². The summed E-state index contributed by atoms with van der Waals surface area (Å²) in [4.78, 5) is 24.4. The summed E-state index contributed by atoms with van der Waals surface area (Å²) in [5, 5.41) is 17.1. The highest BCUT2D eigenvalue weighted by atomic mass is 35.5. The van der Waals surface area contributed by atoms with Gasteiger partial charge in [0, 0.05) is 44.9 Å². The van der Waals surface area contributed by atoms with E-state index in [0.29, 0.717) is 12.1 Å². The van der Waals surface area contributed by atoms with Gasteiger partial charge in [0.05, 0.1) is 16.4 Å². The number of hydrogen-bond acceptors (Lipinski definition) is 5. The van der Waals surface area contributed by atoms with Crippen molar-refractivity contribution in [3.63, 3.8) is 0 Å². The zero-order chi connectivity index (χ0) is 16.7. The number of nitrogens with zero attached hydrogens (tertiary/aromatic N) is 2. The van der Waals surface area contributed by atoms with Gasteiger partial charge in [-0.15, -0.1) is 12.4 Å². The van der Waals surface area contributed by atoms with Crippen LogP contribution in [0, 0.1) is 10.1 Å². The number of benzene rings is 1. The lowest BCUT2D eigenvalue weighted by molar-refractivity contribution is -0.384. The second-order valence-corrected chi connectivity index (χ2v) is 5.91. The molecule has 0 aliphatic carbocycles. The van der Waals surface area contributed by atoms with Gasteiger partial charge in [-0.25, -0.2) is 0 Å². The normalized spacial score (nSPS) is 14.7. The van der Waals surface area contributed by atoms with Crippen LogP contribution in [0.3, 0.4) is 0 Å². The van der Waals surface area contributed by atoms with Crippen molar-refractivity contribution in [1.82, 2.24) is 15.5 Å². The van der Waals surface area contributed by atoms with Gasteiger partial charge in [0.2, 0.25) is 5.91 Å². The molecule has 0 bridgehead atoms. The third-order valence-electron chi connectivity index (χ3n) is 3.78. The van der Waals surface area contributed by atoms with Crippen LogP contribution in [0.1, 0.15) is 12.0 Å². The van der Waals surface area contributed by atoms with E-state index in [1.807, 2.05) is 0 Å². The first-order chi connectivity index (χ1) is 11.1. The molecule has 1 saturated heterocycles. The molecule has 1 aliphatic rings. The Balaban J connectivity index is 0.00000288. The van der Waals surface area contributed by atoms with Crippen LogP contribution in [0.5, 0.6) is 0 Å². The molecule has 1 aliphatic heterocycles. The first kappa shape index (κ1) is 20.6. The molecule has 0 saturated carbocycles. The minimum absolute atomic E-state index is 0. The van der Waals surface area contributed by atoms with Crippen molar-refractivity contribution in [1.29, 1.82) is 0 Å². The van der Waals surface area contributed by atoms with Gasteiger partial charge >= 0.3 is 0 Å². The molecule has 2 rings (SSSR count). The molecule has 2 N–H and O–H groups in total. The molecule has 134 valence electrons. The van der Waals surface area contributed by atoms with Crippen LogP contribution in [0.4, 0.5) is 5.69 Å². The van der Waals surface area contributed by atoms with E-state index in [2.05, 4.69) is 15.5 Å². The van der Waals surface area contributed by atoms with Crippen LogP contribution < -0.4 is 10.6 Å².